The fraction of sp³-hybridized carbons (Fsp3) is 0.800. The average molecular weight is 197 g/mol. The molecule has 0 unspecified atom stereocenters. The van der Waals surface area contributed by atoms with E-state index in [1.165, 1.54) is 6.21 Å². The molecule has 1 fully saturated rings. The lowest BCUT2D eigenvalue weighted by atomic mass is 10.2. The van der Waals surface area contributed by atoms with E-state index in [0.717, 1.165) is 25.8 Å². The van der Waals surface area contributed by atoms with Gasteiger partial charge in [0.1, 0.15) is 0 Å². The van der Waals surface area contributed by atoms with E-state index in [2.05, 4.69) is 10.2 Å². The van der Waals surface area contributed by atoms with E-state index in [4.69, 9.17) is 5.41 Å². The van der Waals surface area contributed by atoms with Crippen molar-refractivity contribution < 1.29 is 4.79 Å². The quantitative estimate of drug-likeness (QED) is 0.649. The maximum absolute atomic E-state index is 11.7. The van der Waals surface area contributed by atoms with Crippen LogP contribution in [0.1, 0.15) is 26.2 Å². The van der Waals surface area contributed by atoms with Crippen molar-refractivity contribution in [2.75, 3.05) is 13.6 Å². The molecule has 4 heteroatoms. The highest BCUT2D eigenvalue weighted by Crippen LogP contribution is 2.14. The molecule has 1 aliphatic heterocycles. The Labute approximate surface area is 85.2 Å². The number of amides is 1. The lowest BCUT2D eigenvalue weighted by Gasteiger charge is -2.21. The van der Waals surface area contributed by atoms with Gasteiger partial charge in [0.15, 0.2) is 0 Å². The number of rotatable bonds is 4. The lowest BCUT2D eigenvalue weighted by molar-refractivity contribution is -0.125. The third-order valence-corrected chi connectivity index (χ3v) is 2.79. The molecule has 14 heavy (non-hydrogen) atoms. The topological polar surface area (TPSA) is 56.2 Å². The van der Waals surface area contributed by atoms with Gasteiger partial charge in [0.2, 0.25) is 5.91 Å². The molecule has 0 aromatic carbocycles. The summed E-state index contributed by atoms with van der Waals surface area (Å²) in [6.45, 7) is 2.97. The number of hydrogen-bond donors (Lipinski definition) is 2. The summed E-state index contributed by atoms with van der Waals surface area (Å²) in [6, 6.07) is -0.0829. The van der Waals surface area contributed by atoms with Crippen LogP contribution in [0.15, 0.2) is 0 Å². The maximum Gasteiger partial charge on any atom is 0.237 e. The van der Waals surface area contributed by atoms with Gasteiger partial charge < -0.3 is 10.7 Å². The molecule has 80 valence electrons. The van der Waals surface area contributed by atoms with Crippen molar-refractivity contribution in [3.63, 3.8) is 0 Å². The molecule has 0 aromatic heterocycles. The first-order chi connectivity index (χ1) is 6.69. The zero-order valence-corrected chi connectivity index (χ0v) is 8.92. The molecule has 1 saturated heterocycles. The Morgan fingerprint density at radius 3 is 2.93 bits per heavy atom. The van der Waals surface area contributed by atoms with Crippen molar-refractivity contribution in [3.05, 3.63) is 0 Å². The maximum atomic E-state index is 11.7. The van der Waals surface area contributed by atoms with Gasteiger partial charge in [0.05, 0.1) is 12.1 Å². The van der Waals surface area contributed by atoms with Crippen LogP contribution in [-0.2, 0) is 4.79 Å². The number of likely N-dealkylation sites (N-methyl/N-ethyl adjacent to an activating group) is 1. The van der Waals surface area contributed by atoms with Crippen molar-refractivity contribution in [3.8, 4) is 0 Å². The highest BCUT2D eigenvalue weighted by atomic mass is 16.2. The summed E-state index contributed by atoms with van der Waals surface area (Å²) >= 11 is 0. The molecule has 1 aliphatic rings. The van der Waals surface area contributed by atoms with E-state index >= 15 is 0 Å². The summed E-state index contributed by atoms with van der Waals surface area (Å²) in [5.41, 5.74) is 0. The predicted molar refractivity (Wildman–Crippen MR) is 56.7 cm³/mol. The van der Waals surface area contributed by atoms with Gasteiger partial charge in [-0.25, -0.2) is 0 Å². The molecule has 2 atom stereocenters. The summed E-state index contributed by atoms with van der Waals surface area (Å²) < 4.78 is 0. The molecule has 0 spiro atoms. The summed E-state index contributed by atoms with van der Waals surface area (Å²) in [5, 5.41) is 9.99. The summed E-state index contributed by atoms with van der Waals surface area (Å²) in [6.07, 6.45) is 4.12. The van der Waals surface area contributed by atoms with E-state index < -0.39 is 0 Å². The van der Waals surface area contributed by atoms with Gasteiger partial charge in [0, 0.05) is 6.21 Å². The van der Waals surface area contributed by atoms with Crippen LogP contribution in [0.3, 0.4) is 0 Å². The highest BCUT2D eigenvalue weighted by Gasteiger charge is 2.28. The van der Waals surface area contributed by atoms with Crippen molar-refractivity contribution in [2.45, 2.75) is 38.3 Å². The van der Waals surface area contributed by atoms with Crippen molar-refractivity contribution >= 4 is 12.1 Å². The predicted octanol–water partition coefficient (Wildman–Crippen LogP) is 0.625. The van der Waals surface area contributed by atoms with E-state index in [1.54, 1.807) is 0 Å². The summed E-state index contributed by atoms with van der Waals surface area (Å²) in [4.78, 5) is 13.8. The third kappa shape index (κ3) is 2.54. The van der Waals surface area contributed by atoms with Crippen LogP contribution in [0.4, 0.5) is 0 Å². The lowest BCUT2D eigenvalue weighted by Crippen LogP contribution is -2.46. The Balaban J connectivity index is 2.44. The zero-order valence-electron chi connectivity index (χ0n) is 8.92. The molecule has 0 bridgehead atoms. The number of hydrogen-bond acceptors (Lipinski definition) is 3. The molecule has 1 amide bonds. The number of carbonyl (C=O) groups is 1. The highest BCUT2D eigenvalue weighted by molar-refractivity contribution is 5.84. The van der Waals surface area contributed by atoms with Gasteiger partial charge in [-0.1, -0.05) is 6.92 Å². The van der Waals surface area contributed by atoms with Crippen LogP contribution >= 0.6 is 0 Å². The van der Waals surface area contributed by atoms with Crippen molar-refractivity contribution in [1.29, 1.82) is 5.41 Å². The van der Waals surface area contributed by atoms with Gasteiger partial charge in [-0.2, -0.15) is 0 Å². The monoisotopic (exact) mass is 197 g/mol. The van der Waals surface area contributed by atoms with Crippen LogP contribution in [-0.4, -0.2) is 42.7 Å². The van der Waals surface area contributed by atoms with Gasteiger partial charge in [-0.15, -0.1) is 0 Å². The van der Waals surface area contributed by atoms with Gasteiger partial charge in [-0.05, 0) is 32.9 Å². The molecule has 1 rings (SSSR count). The standard InChI is InChI=1S/C10H19N3O/c1-3-8(7-11)12-10(14)9-5-4-6-13(9)2/h7-9,11H,3-6H2,1-2H3,(H,12,14)/t8-,9-/m0/s1. The molecule has 0 aliphatic carbocycles. The number of nitrogens with one attached hydrogen (secondary N) is 2. The fourth-order valence-corrected chi connectivity index (χ4v) is 1.78. The molecule has 2 N–H and O–H groups in total. The summed E-state index contributed by atoms with van der Waals surface area (Å²) in [7, 11) is 1.97. The Morgan fingerprint density at radius 2 is 2.50 bits per heavy atom. The smallest absolute Gasteiger partial charge is 0.237 e. The first-order valence-corrected chi connectivity index (χ1v) is 5.20. The van der Waals surface area contributed by atoms with Gasteiger partial charge in [0.25, 0.3) is 0 Å². The second kappa shape index (κ2) is 5.10. The van der Waals surface area contributed by atoms with Gasteiger partial charge in [-0.3, -0.25) is 9.69 Å². The van der Waals surface area contributed by atoms with E-state index in [1.807, 2.05) is 14.0 Å². The SMILES string of the molecule is CC[C@@H](C=N)NC(=O)[C@@H]1CCCN1C. The van der Waals surface area contributed by atoms with Crippen LogP contribution in [0.25, 0.3) is 0 Å². The largest absolute Gasteiger partial charge is 0.347 e. The third-order valence-electron chi connectivity index (χ3n) is 2.79. The minimum atomic E-state index is -0.100. The van der Waals surface area contributed by atoms with E-state index in [-0.39, 0.29) is 18.0 Å². The van der Waals surface area contributed by atoms with Crippen LogP contribution in [0.2, 0.25) is 0 Å². The molecular formula is C10H19N3O. The number of carbonyl (C=O) groups excluding carboxylic acids is 1. The van der Waals surface area contributed by atoms with E-state index in [0.29, 0.717) is 0 Å². The minimum absolute atomic E-state index is 0.0176. The van der Waals surface area contributed by atoms with Crippen molar-refractivity contribution in [2.24, 2.45) is 0 Å². The van der Waals surface area contributed by atoms with Crippen LogP contribution < -0.4 is 5.32 Å². The number of likely N-dealkylation sites (tertiary alicyclic amines) is 1. The second-order valence-corrected chi connectivity index (χ2v) is 3.83. The first-order valence-electron chi connectivity index (χ1n) is 5.20. The minimum Gasteiger partial charge on any atom is -0.347 e. The zero-order chi connectivity index (χ0) is 10.6. The van der Waals surface area contributed by atoms with Crippen LogP contribution in [0, 0.1) is 5.41 Å². The Hall–Kier alpha value is -0.900. The molecule has 1 heterocycles. The summed E-state index contributed by atoms with van der Waals surface area (Å²) in [5.74, 6) is 0.0698. The molecule has 0 saturated carbocycles. The van der Waals surface area contributed by atoms with Crippen LogP contribution in [0.5, 0.6) is 0 Å². The average Bonchev–Trinajstić information content (AvgIpc) is 2.60. The normalized spacial score (nSPS) is 24.6. The van der Waals surface area contributed by atoms with Crippen molar-refractivity contribution in [1.82, 2.24) is 10.2 Å². The molecular weight excluding hydrogens is 178 g/mol. The molecule has 4 nitrogen and oxygen atoms in total. The fourth-order valence-electron chi connectivity index (χ4n) is 1.78. The second-order valence-electron chi connectivity index (χ2n) is 3.83. The van der Waals surface area contributed by atoms with Gasteiger partial charge >= 0.3 is 0 Å². The molecule has 0 aromatic rings. The molecule has 0 radical (unpaired) electrons. The Bertz CT molecular complexity index is 217. The Kier molecular flexibility index (Phi) is 4.07. The number of nitrogens with zero attached hydrogens (tertiary/aromatic N) is 1. The Morgan fingerprint density at radius 1 is 1.79 bits per heavy atom. The van der Waals surface area contributed by atoms with E-state index in [9.17, 15) is 4.79 Å². The first kappa shape index (κ1) is 11.2.